The number of ether oxygens (including phenoxy) is 1. The molecule has 2 aromatic carbocycles. The molecule has 0 spiro atoms. The molecule has 6 heteroatoms. The molecule has 0 saturated heterocycles. The van der Waals surface area contributed by atoms with Crippen LogP contribution in [0.5, 0.6) is 5.75 Å². The van der Waals surface area contributed by atoms with Gasteiger partial charge >= 0.3 is 0 Å². The summed E-state index contributed by atoms with van der Waals surface area (Å²) in [4.78, 5) is 24.2. The van der Waals surface area contributed by atoms with Gasteiger partial charge in [-0.1, -0.05) is 42.5 Å². The molecular weight excluding hydrogens is 388 g/mol. The monoisotopic (exact) mass is 416 g/mol. The summed E-state index contributed by atoms with van der Waals surface area (Å²) < 4.78 is 5.36. The Morgan fingerprint density at radius 2 is 1.87 bits per heavy atom. The molecule has 1 atom stereocenters. The molecule has 1 aliphatic rings. The van der Waals surface area contributed by atoms with Crippen molar-refractivity contribution in [2.45, 2.75) is 24.7 Å². The maximum absolute atomic E-state index is 13.0. The highest BCUT2D eigenvalue weighted by Crippen LogP contribution is 2.38. The Hall–Kier alpha value is -3.41. The third-order valence-electron chi connectivity index (χ3n) is 6.04. The van der Waals surface area contributed by atoms with Crippen LogP contribution in [-0.2, 0) is 18.3 Å². The molecule has 1 aliphatic carbocycles. The van der Waals surface area contributed by atoms with Crippen LogP contribution in [0.2, 0.25) is 0 Å². The van der Waals surface area contributed by atoms with Crippen LogP contribution in [0.25, 0.3) is 0 Å². The van der Waals surface area contributed by atoms with Gasteiger partial charge in [0.25, 0.3) is 5.91 Å². The Kier molecular flexibility index (Phi) is 5.89. The molecule has 1 N–H and O–H groups in total. The molecule has 1 amide bonds. The summed E-state index contributed by atoms with van der Waals surface area (Å²) in [6.45, 7) is 0.531. The summed E-state index contributed by atoms with van der Waals surface area (Å²) in [6.07, 6.45) is 4.47. The minimum absolute atomic E-state index is 0.127. The second kappa shape index (κ2) is 8.76. The first-order valence-electron chi connectivity index (χ1n) is 10.5. The summed E-state index contributed by atoms with van der Waals surface area (Å²) in [5.41, 5.74) is 3.80. The van der Waals surface area contributed by atoms with Crippen molar-refractivity contribution < 1.29 is 9.53 Å². The van der Waals surface area contributed by atoms with Crippen LogP contribution in [0.15, 0.2) is 60.8 Å². The number of aryl methyl sites for hydroxylation is 1. The quantitative estimate of drug-likeness (QED) is 0.667. The molecule has 6 nitrogen and oxygen atoms in total. The van der Waals surface area contributed by atoms with Crippen LogP contribution in [0.3, 0.4) is 0 Å². The highest BCUT2D eigenvalue weighted by Gasteiger charge is 2.37. The predicted octanol–water partition coefficient (Wildman–Crippen LogP) is 3.41. The number of aromatic nitrogens is 2. The zero-order chi connectivity index (χ0) is 21.8. The number of carbonyl (C=O) groups excluding carboxylic acids is 1. The van der Waals surface area contributed by atoms with E-state index in [1.165, 1.54) is 5.56 Å². The van der Waals surface area contributed by atoms with Crippen LogP contribution in [0.4, 0.5) is 5.95 Å². The number of rotatable bonds is 6. The molecule has 0 radical (unpaired) electrons. The van der Waals surface area contributed by atoms with Crippen molar-refractivity contribution in [2.75, 3.05) is 32.6 Å². The van der Waals surface area contributed by atoms with E-state index in [-0.39, 0.29) is 11.3 Å². The van der Waals surface area contributed by atoms with Gasteiger partial charge in [-0.25, -0.2) is 9.97 Å². The third kappa shape index (κ3) is 4.24. The molecule has 0 fully saturated rings. The highest BCUT2D eigenvalue weighted by molar-refractivity contribution is 5.97. The lowest BCUT2D eigenvalue weighted by Gasteiger charge is -2.38. The topological polar surface area (TPSA) is 67.3 Å². The summed E-state index contributed by atoms with van der Waals surface area (Å²) >= 11 is 0. The number of amides is 1. The maximum atomic E-state index is 13.0. The van der Waals surface area contributed by atoms with Crippen molar-refractivity contribution in [3.05, 3.63) is 83.2 Å². The second-order valence-corrected chi connectivity index (χ2v) is 8.24. The van der Waals surface area contributed by atoms with Gasteiger partial charge in [0.15, 0.2) is 0 Å². The predicted molar refractivity (Wildman–Crippen MR) is 122 cm³/mol. The van der Waals surface area contributed by atoms with Gasteiger partial charge in [0.05, 0.1) is 12.7 Å². The van der Waals surface area contributed by atoms with Crippen molar-refractivity contribution >= 4 is 11.9 Å². The number of hydrogen-bond acceptors (Lipinski definition) is 5. The molecule has 1 heterocycles. The number of hydrogen-bond donors (Lipinski definition) is 1. The molecule has 0 bridgehead atoms. The largest absolute Gasteiger partial charge is 0.496 e. The van der Waals surface area contributed by atoms with Gasteiger partial charge in [-0.15, -0.1) is 0 Å². The average molecular weight is 417 g/mol. The molecule has 0 unspecified atom stereocenters. The summed E-state index contributed by atoms with van der Waals surface area (Å²) in [6, 6.07) is 17.7. The Labute approximate surface area is 183 Å². The molecule has 4 rings (SSSR count). The van der Waals surface area contributed by atoms with Crippen molar-refractivity contribution in [3.8, 4) is 5.75 Å². The first kappa shape index (κ1) is 20.8. The number of benzene rings is 2. The number of para-hydroxylation sites is 1. The van der Waals surface area contributed by atoms with Crippen molar-refractivity contribution in [1.29, 1.82) is 0 Å². The van der Waals surface area contributed by atoms with Gasteiger partial charge < -0.3 is 15.0 Å². The third-order valence-corrected chi connectivity index (χ3v) is 6.04. The SMILES string of the molecule is COc1ccccc1C(=O)NC[C@]1(c2ccccc2)CCc2nc(N(C)C)ncc2C1. The molecule has 3 aromatic rings. The van der Waals surface area contributed by atoms with Gasteiger partial charge in [-0.05, 0) is 42.5 Å². The maximum Gasteiger partial charge on any atom is 0.255 e. The van der Waals surface area contributed by atoms with E-state index in [1.807, 2.05) is 43.4 Å². The molecule has 1 aromatic heterocycles. The minimum atomic E-state index is -0.213. The highest BCUT2D eigenvalue weighted by atomic mass is 16.5. The fourth-order valence-electron chi connectivity index (χ4n) is 4.29. The van der Waals surface area contributed by atoms with Crippen LogP contribution >= 0.6 is 0 Å². The fourth-order valence-corrected chi connectivity index (χ4v) is 4.29. The van der Waals surface area contributed by atoms with Crippen LogP contribution < -0.4 is 15.0 Å². The van der Waals surface area contributed by atoms with Gasteiger partial charge in [-0.3, -0.25) is 4.79 Å². The summed E-state index contributed by atoms with van der Waals surface area (Å²) in [7, 11) is 5.48. The Morgan fingerprint density at radius 1 is 1.13 bits per heavy atom. The van der Waals surface area contributed by atoms with Gasteiger partial charge in [0, 0.05) is 37.9 Å². The van der Waals surface area contributed by atoms with Crippen molar-refractivity contribution in [3.63, 3.8) is 0 Å². The van der Waals surface area contributed by atoms with E-state index < -0.39 is 0 Å². The van der Waals surface area contributed by atoms with Crippen LogP contribution in [0.1, 0.15) is 33.6 Å². The van der Waals surface area contributed by atoms with E-state index >= 15 is 0 Å². The van der Waals surface area contributed by atoms with E-state index in [0.717, 1.165) is 36.5 Å². The first-order valence-corrected chi connectivity index (χ1v) is 10.5. The van der Waals surface area contributed by atoms with E-state index in [1.54, 1.807) is 19.2 Å². The van der Waals surface area contributed by atoms with E-state index in [0.29, 0.717) is 17.9 Å². The zero-order valence-electron chi connectivity index (χ0n) is 18.3. The van der Waals surface area contributed by atoms with Gasteiger partial charge in [0.1, 0.15) is 5.75 Å². The molecule has 31 heavy (non-hydrogen) atoms. The lowest BCUT2D eigenvalue weighted by atomic mass is 9.68. The van der Waals surface area contributed by atoms with E-state index in [4.69, 9.17) is 9.72 Å². The summed E-state index contributed by atoms with van der Waals surface area (Å²) in [5, 5.41) is 3.18. The normalized spacial score (nSPS) is 17.5. The lowest BCUT2D eigenvalue weighted by Crippen LogP contribution is -2.45. The summed E-state index contributed by atoms with van der Waals surface area (Å²) in [5.74, 6) is 1.18. The van der Waals surface area contributed by atoms with E-state index in [9.17, 15) is 4.79 Å². The number of methoxy groups -OCH3 is 1. The fraction of sp³-hybridized carbons (Fsp3) is 0.320. The smallest absolute Gasteiger partial charge is 0.255 e. The van der Waals surface area contributed by atoms with Gasteiger partial charge in [0.2, 0.25) is 5.95 Å². The number of nitrogens with zero attached hydrogens (tertiary/aromatic N) is 3. The first-order chi connectivity index (χ1) is 15.0. The molecule has 160 valence electrons. The van der Waals surface area contributed by atoms with Crippen molar-refractivity contribution in [1.82, 2.24) is 15.3 Å². The van der Waals surface area contributed by atoms with Crippen LogP contribution in [-0.4, -0.2) is 43.6 Å². The lowest BCUT2D eigenvalue weighted by molar-refractivity contribution is 0.0937. The van der Waals surface area contributed by atoms with Gasteiger partial charge in [-0.2, -0.15) is 0 Å². The number of anilines is 1. The van der Waals surface area contributed by atoms with Crippen LogP contribution in [0, 0.1) is 0 Å². The Bertz CT molecular complexity index is 1070. The number of carbonyl (C=O) groups is 1. The minimum Gasteiger partial charge on any atom is -0.496 e. The molecular formula is C25H28N4O2. The Balaban J connectivity index is 1.62. The van der Waals surface area contributed by atoms with E-state index in [2.05, 4.69) is 34.6 Å². The Morgan fingerprint density at radius 3 is 2.61 bits per heavy atom. The number of nitrogens with one attached hydrogen (secondary N) is 1. The second-order valence-electron chi connectivity index (χ2n) is 8.24. The molecule has 0 saturated carbocycles. The average Bonchev–Trinajstić information content (AvgIpc) is 2.82. The zero-order valence-corrected chi connectivity index (χ0v) is 18.3. The molecule has 0 aliphatic heterocycles. The standard InChI is InChI=1S/C25H28N4O2/c1-29(2)24-26-16-18-15-25(14-13-21(18)28-24,19-9-5-4-6-10-19)17-27-23(30)20-11-7-8-12-22(20)31-3/h4-12,16H,13-15,17H2,1-3H3,(H,27,30)/t25-/m0/s1. The van der Waals surface area contributed by atoms with Crippen molar-refractivity contribution in [2.24, 2.45) is 0 Å². The number of fused-ring (bicyclic) bond motifs is 1.